The second-order valence-electron chi connectivity index (χ2n) is 4.34. The molecule has 0 unspecified atom stereocenters. The summed E-state index contributed by atoms with van der Waals surface area (Å²) >= 11 is 3.36. The molecule has 1 heterocycles. The van der Waals surface area contributed by atoms with Crippen LogP contribution in [0.4, 0.5) is 0 Å². The van der Waals surface area contributed by atoms with E-state index in [2.05, 4.69) is 40.9 Å². The molecular weight excluding hydrogens is 230 g/mol. The second-order valence-corrected chi connectivity index (χ2v) is 5.15. The van der Waals surface area contributed by atoms with E-state index in [4.69, 9.17) is 5.73 Å². The summed E-state index contributed by atoms with van der Waals surface area (Å²) in [7, 11) is 1.96. The molecule has 0 saturated heterocycles. The van der Waals surface area contributed by atoms with Gasteiger partial charge in [-0.25, -0.2) is 0 Å². The van der Waals surface area contributed by atoms with Crippen molar-refractivity contribution in [2.24, 2.45) is 18.2 Å². The summed E-state index contributed by atoms with van der Waals surface area (Å²) in [6.45, 7) is 4.40. The van der Waals surface area contributed by atoms with Crippen molar-refractivity contribution in [2.45, 2.75) is 25.8 Å². The molecule has 2 N–H and O–H groups in total. The number of rotatable bonds is 1. The average molecular weight is 244 g/mol. The minimum atomic E-state index is 0.229. The van der Waals surface area contributed by atoms with Gasteiger partial charge in [-0.15, -0.1) is 0 Å². The molecular formula is C9H14BrN3. The molecule has 1 saturated carbocycles. The first-order chi connectivity index (χ1) is 5.94. The Kier molecular flexibility index (Phi) is 1.83. The molecule has 1 aliphatic carbocycles. The summed E-state index contributed by atoms with van der Waals surface area (Å²) in [5.74, 6) is 0.455. The summed E-state index contributed by atoms with van der Waals surface area (Å²) in [5, 5.41) is 4.25. The van der Waals surface area contributed by atoms with Crippen LogP contribution in [0.2, 0.25) is 0 Å². The zero-order chi connectivity index (χ0) is 9.80. The monoisotopic (exact) mass is 243 g/mol. The van der Waals surface area contributed by atoms with Crippen LogP contribution in [0.15, 0.2) is 10.7 Å². The molecule has 2 rings (SSSR count). The molecule has 0 aliphatic heterocycles. The van der Waals surface area contributed by atoms with Gasteiger partial charge in [-0.2, -0.15) is 5.10 Å². The van der Waals surface area contributed by atoms with Gasteiger partial charge in [0.2, 0.25) is 0 Å². The Bertz CT molecular complexity index is 343. The highest BCUT2D eigenvalue weighted by molar-refractivity contribution is 9.10. The predicted molar refractivity (Wildman–Crippen MR) is 55.4 cm³/mol. The largest absolute Gasteiger partial charge is 0.327 e. The van der Waals surface area contributed by atoms with E-state index in [0.717, 1.165) is 4.60 Å². The van der Waals surface area contributed by atoms with E-state index in [-0.39, 0.29) is 11.5 Å². The summed E-state index contributed by atoms with van der Waals surface area (Å²) < 4.78 is 2.79. The Morgan fingerprint density at radius 2 is 2.15 bits per heavy atom. The number of hydrogen-bond donors (Lipinski definition) is 1. The molecule has 0 spiro atoms. The lowest BCUT2D eigenvalue weighted by Gasteiger charge is -2.01. The number of hydrogen-bond acceptors (Lipinski definition) is 2. The maximum atomic E-state index is 6.00. The first-order valence-electron chi connectivity index (χ1n) is 4.39. The first kappa shape index (κ1) is 9.21. The standard InChI is InChI=1S/C9H14BrN3/c1-9(2)7(8(9)11)5-4-6(10)12-13(5)3/h4,7-8H,11H2,1-3H3/t7-,8-/m1/s1. The third-order valence-corrected chi connectivity index (χ3v) is 3.50. The topological polar surface area (TPSA) is 43.8 Å². The Labute approximate surface area is 86.4 Å². The van der Waals surface area contributed by atoms with Crippen molar-refractivity contribution in [3.8, 4) is 0 Å². The van der Waals surface area contributed by atoms with Crippen LogP contribution in [0.5, 0.6) is 0 Å². The van der Waals surface area contributed by atoms with Crippen LogP contribution in [-0.2, 0) is 7.05 Å². The van der Waals surface area contributed by atoms with Crippen molar-refractivity contribution in [1.29, 1.82) is 0 Å². The Morgan fingerprint density at radius 3 is 2.46 bits per heavy atom. The molecule has 72 valence electrons. The van der Waals surface area contributed by atoms with Gasteiger partial charge in [-0.3, -0.25) is 4.68 Å². The molecule has 13 heavy (non-hydrogen) atoms. The lowest BCUT2D eigenvalue weighted by atomic mass is 10.1. The van der Waals surface area contributed by atoms with Crippen molar-refractivity contribution in [3.63, 3.8) is 0 Å². The minimum Gasteiger partial charge on any atom is -0.327 e. The van der Waals surface area contributed by atoms with Crippen molar-refractivity contribution >= 4 is 15.9 Å². The van der Waals surface area contributed by atoms with Gasteiger partial charge >= 0.3 is 0 Å². The van der Waals surface area contributed by atoms with Crippen LogP contribution in [0.3, 0.4) is 0 Å². The van der Waals surface area contributed by atoms with E-state index in [1.165, 1.54) is 5.69 Å². The third kappa shape index (κ3) is 1.23. The molecule has 1 aliphatic rings. The Balaban J connectivity index is 2.34. The normalized spacial score (nSPS) is 30.5. The van der Waals surface area contributed by atoms with Crippen LogP contribution >= 0.6 is 15.9 Å². The lowest BCUT2D eigenvalue weighted by Crippen LogP contribution is -2.07. The quantitative estimate of drug-likeness (QED) is 0.816. The number of aromatic nitrogens is 2. The maximum Gasteiger partial charge on any atom is 0.128 e. The van der Waals surface area contributed by atoms with Crippen LogP contribution in [0, 0.1) is 5.41 Å². The SMILES string of the molecule is Cn1nc(Br)cc1[C@@H]1[C@@H](N)C1(C)C. The van der Waals surface area contributed by atoms with E-state index in [1.807, 2.05) is 11.7 Å². The number of halogens is 1. The third-order valence-electron chi connectivity index (χ3n) is 3.12. The molecule has 0 radical (unpaired) electrons. The van der Waals surface area contributed by atoms with Gasteiger partial charge in [-0.1, -0.05) is 13.8 Å². The van der Waals surface area contributed by atoms with E-state index >= 15 is 0 Å². The van der Waals surface area contributed by atoms with Gasteiger partial charge in [0.05, 0.1) is 0 Å². The molecule has 0 aromatic carbocycles. The van der Waals surface area contributed by atoms with E-state index in [0.29, 0.717) is 5.92 Å². The zero-order valence-corrected chi connectivity index (χ0v) is 9.67. The average Bonchev–Trinajstić information content (AvgIpc) is 2.36. The van der Waals surface area contributed by atoms with Crippen molar-refractivity contribution in [3.05, 3.63) is 16.4 Å². The van der Waals surface area contributed by atoms with Gasteiger partial charge in [-0.05, 0) is 27.4 Å². The molecule has 1 fully saturated rings. The van der Waals surface area contributed by atoms with Gasteiger partial charge in [0, 0.05) is 24.7 Å². The predicted octanol–water partition coefficient (Wildman–Crippen LogP) is 1.63. The van der Waals surface area contributed by atoms with E-state index < -0.39 is 0 Å². The van der Waals surface area contributed by atoms with Crippen LogP contribution in [0.1, 0.15) is 25.5 Å². The highest BCUT2D eigenvalue weighted by atomic mass is 79.9. The van der Waals surface area contributed by atoms with E-state index in [9.17, 15) is 0 Å². The van der Waals surface area contributed by atoms with Crippen LogP contribution in [0.25, 0.3) is 0 Å². The molecule has 4 heteroatoms. The molecule has 1 aromatic heterocycles. The Hall–Kier alpha value is -0.350. The second kappa shape index (κ2) is 2.58. The highest BCUT2D eigenvalue weighted by Crippen LogP contribution is 2.57. The summed E-state index contributed by atoms with van der Waals surface area (Å²) in [6, 6.07) is 2.33. The summed E-state index contributed by atoms with van der Waals surface area (Å²) in [5.41, 5.74) is 7.45. The molecule has 2 atom stereocenters. The smallest absolute Gasteiger partial charge is 0.128 e. The number of nitrogens with two attached hydrogens (primary N) is 1. The number of nitrogens with zero attached hydrogens (tertiary/aromatic N) is 2. The molecule has 1 aromatic rings. The van der Waals surface area contributed by atoms with Gasteiger partial charge in [0.15, 0.2) is 0 Å². The van der Waals surface area contributed by atoms with Crippen molar-refractivity contribution in [2.75, 3.05) is 0 Å². The fourth-order valence-electron chi connectivity index (χ4n) is 1.98. The fraction of sp³-hybridized carbons (Fsp3) is 0.667. The van der Waals surface area contributed by atoms with Crippen LogP contribution in [-0.4, -0.2) is 15.8 Å². The van der Waals surface area contributed by atoms with E-state index in [1.54, 1.807) is 0 Å². The molecule has 0 bridgehead atoms. The van der Waals surface area contributed by atoms with Crippen LogP contribution < -0.4 is 5.73 Å². The van der Waals surface area contributed by atoms with Crippen molar-refractivity contribution in [1.82, 2.24) is 9.78 Å². The first-order valence-corrected chi connectivity index (χ1v) is 5.19. The van der Waals surface area contributed by atoms with Gasteiger partial charge in [0.25, 0.3) is 0 Å². The maximum absolute atomic E-state index is 6.00. The Morgan fingerprint density at radius 1 is 1.62 bits per heavy atom. The molecule has 3 nitrogen and oxygen atoms in total. The number of aryl methyl sites for hydroxylation is 1. The van der Waals surface area contributed by atoms with Gasteiger partial charge in [0.1, 0.15) is 4.60 Å². The summed E-state index contributed by atoms with van der Waals surface area (Å²) in [6.07, 6.45) is 0. The zero-order valence-electron chi connectivity index (χ0n) is 8.08. The highest BCUT2D eigenvalue weighted by Gasteiger charge is 2.57. The minimum absolute atomic E-state index is 0.229. The molecule has 0 amide bonds. The fourth-order valence-corrected chi connectivity index (χ4v) is 2.45. The van der Waals surface area contributed by atoms with Crippen molar-refractivity contribution < 1.29 is 0 Å². The lowest BCUT2D eigenvalue weighted by molar-refractivity contribution is 0.581. The van der Waals surface area contributed by atoms with Gasteiger partial charge < -0.3 is 5.73 Å². The summed E-state index contributed by atoms with van der Waals surface area (Å²) in [4.78, 5) is 0.